The van der Waals surface area contributed by atoms with Gasteiger partial charge in [0.25, 0.3) is 11.5 Å². The molecule has 1 amide bonds. The van der Waals surface area contributed by atoms with Crippen molar-refractivity contribution in [2.45, 2.75) is 31.9 Å². The molecule has 7 nitrogen and oxygen atoms in total. The monoisotopic (exact) mass is 367 g/mol. The lowest BCUT2D eigenvalue weighted by atomic mass is 9.99. The van der Waals surface area contributed by atoms with Crippen molar-refractivity contribution in [3.63, 3.8) is 0 Å². The van der Waals surface area contributed by atoms with Crippen LogP contribution in [0, 0.1) is 5.92 Å². The summed E-state index contributed by atoms with van der Waals surface area (Å²) in [6.45, 7) is 2.01. The van der Waals surface area contributed by atoms with Crippen molar-refractivity contribution in [3.8, 4) is 11.5 Å². The molecule has 7 heteroatoms. The molecule has 1 atom stereocenters. The molecule has 3 aliphatic rings. The van der Waals surface area contributed by atoms with Gasteiger partial charge in [0, 0.05) is 25.1 Å². The zero-order chi connectivity index (χ0) is 18.4. The molecule has 1 aromatic heterocycles. The summed E-state index contributed by atoms with van der Waals surface area (Å²) in [6.07, 6.45) is 2.37. The first-order chi connectivity index (χ1) is 13.2. The Morgan fingerprint density at radius 3 is 2.85 bits per heavy atom. The van der Waals surface area contributed by atoms with Crippen LogP contribution in [0.4, 0.5) is 0 Å². The van der Waals surface area contributed by atoms with Crippen LogP contribution in [-0.4, -0.2) is 46.4 Å². The Labute approximate surface area is 156 Å². The molecule has 1 aromatic carbocycles. The Kier molecular flexibility index (Phi) is 3.88. The van der Waals surface area contributed by atoms with Crippen molar-refractivity contribution < 1.29 is 14.3 Å². The summed E-state index contributed by atoms with van der Waals surface area (Å²) in [5.41, 5.74) is 2.10. The summed E-state index contributed by atoms with van der Waals surface area (Å²) in [5, 5.41) is 4.52. The number of ether oxygens (including phenoxy) is 2. The third kappa shape index (κ3) is 2.97. The van der Waals surface area contributed by atoms with E-state index in [-0.39, 0.29) is 24.0 Å². The number of rotatable bonds is 3. The Hall–Kier alpha value is -2.83. The van der Waals surface area contributed by atoms with Gasteiger partial charge in [-0.05, 0) is 37.0 Å². The third-order valence-electron chi connectivity index (χ3n) is 5.51. The number of aromatic nitrogens is 2. The smallest absolute Gasteiger partial charge is 0.267 e. The number of amides is 1. The lowest BCUT2D eigenvalue weighted by Gasteiger charge is -2.41. The quantitative estimate of drug-likeness (QED) is 0.810. The molecule has 1 fully saturated rings. The van der Waals surface area contributed by atoms with Crippen LogP contribution in [0.25, 0.3) is 0 Å². The summed E-state index contributed by atoms with van der Waals surface area (Å²) in [6, 6.07) is 9.09. The van der Waals surface area contributed by atoms with Crippen LogP contribution in [0.15, 0.2) is 35.1 Å². The van der Waals surface area contributed by atoms with Crippen LogP contribution in [-0.2, 0) is 24.2 Å². The van der Waals surface area contributed by atoms with Crippen molar-refractivity contribution in [3.05, 3.63) is 51.9 Å². The predicted octanol–water partition coefficient (Wildman–Crippen LogP) is 1.03. The molecule has 1 saturated heterocycles. The van der Waals surface area contributed by atoms with E-state index < -0.39 is 6.10 Å². The first-order valence-electron chi connectivity index (χ1n) is 9.44. The van der Waals surface area contributed by atoms with E-state index in [1.807, 2.05) is 18.2 Å². The van der Waals surface area contributed by atoms with E-state index >= 15 is 0 Å². The van der Waals surface area contributed by atoms with Gasteiger partial charge in [-0.25, -0.2) is 4.68 Å². The van der Waals surface area contributed by atoms with E-state index in [4.69, 9.17) is 9.47 Å². The van der Waals surface area contributed by atoms with Crippen LogP contribution < -0.4 is 15.0 Å². The highest BCUT2D eigenvalue weighted by molar-refractivity contribution is 5.82. The van der Waals surface area contributed by atoms with Crippen LogP contribution in [0.5, 0.6) is 11.5 Å². The van der Waals surface area contributed by atoms with E-state index in [1.165, 1.54) is 0 Å². The molecule has 3 heterocycles. The number of carbonyl (C=O) groups excluding carboxylic acids is 1. The number of likely N-dealkylation sites (tertiary alicyclic amines) is 1. The van der Waals surface area contributed by atoms with Gasteiger partial charge >= 0.3 is 0 Å². The lowest BCUT2D eigenvalue weighted by molar-refractivity contribution is -0.148. The highest BCUT2D eigenvalue weighted by Crippen LogP contribution is 2.32. The van der Waals surface area contributed by atoms with Crippen molar-refractivity contribution in [1.29, 1.82) is 0 Å². The van der Waals surface area contributed by atoms with Gasteiger partial charge in [-0.3, -0.25) is 9.59 Å². The maximum Gasteiger partial charge on any atom is 0.267 e. The summed E-state index contributed by atoms with van der Waals surface area (Å²) < 4.78 is 13.0. The van der Waals surface area contributed by atoms with Gasteiger partial charge in [-0.15, -0.1) is 0 Å². The van der Waals surface area contributed by atoms with Gasteiger partial charge in [0.05, 0.1) is 12.2 Å². The summed E-state index contributed by atoms with van der Waals surface area (Å²) in [4.78, 5) is 26.6. The van der Waals surface area contributed by atoms with Gasteiger partial charge in [0.2, 0.25) is 6.10 Å². The highest BCUT2D eigenvalue weighted by atomic mass is 16.6. The zero-order valence-corrected chi connectivity index (χ0v) is 15.0. The Morgan fingerprint density at radius 1 is 1.19 bits per heavy atom. The van der Waals surface area contributed by atoms with Crippen molar-refractivity contribution in [1.82, 2.24) is 14.7 Å². The Balaban J connectivity index is 1.19. The second kappa shape index (κ2) is 6.40. The molecule has 140 valence electrons. The molecule has 0 spiro atoms. The molecular formula is C20H21N3O4. The molecule has 5 rings (SSSR count). The minimum absolute atomic E-state index is 0.0407. The number of nitrogens with zero attached hydrogens (tertiary/aromatic N) is 3. The van der Waals surface area contributed by atoms with Gasteiger partial charge in [0.15, 0.2) is 11.5 Å². The molecule has 0 radical (unpaired) electrons. The SMILES string of the molecule is O=C(C1COc2ccccc2O1)N1CC(Cn2nc3c(cc2=O)CCC3)C1. The number of carbonyl (C=O) groups is 1. The van der Waals surface area contributed by atoms with Crippen molar-refractivity contribution in [2.75, 3.05) is 19.7 Å². The third-order valence-corrected chi connectivity index (χ3v) is 5.51. The first kappa shape index (κ1) is 16.4. The molecule has 2 aromatic rings. The number of benzene rings is 1. The zero-order valence-electron chi connectivity index (χ0n) is 15.0. The Bertz CT molecular complexity index is 948. The highest BCUT2D eigenvalue weighted by Gasteiger charge is 2.38. The van der Waals surface area contributed by atoms with Crippen LogP contribution >= 0.6 is 0 Å². The minimum Gasteiger partial charge on any atom is -0.485 e. The summed E-state index contributed by atoms with van der Waals surface area (Å²) in [7, 11) is 0. The predicted molar refractivity (Wildman–Crippen MR) is 96.9 cm³/mol. The molecule has 1 unspecified atom stereocenters. The fourth-order valence-corrected chi connectivity index (χ4v) is 4.02. The fraction of sp³-hybridized carbons (Fsp3) is 0.450. The minimum atomic E-state index is -0.610. The molecule has 0 bridgehead atoms. The van der Waals surface area contributed by atoms with Gasteiger partial charge in [-0.2, -0.15) is 5.10 Å². The van der Waals surface area contributed by atoms with Crippen LogP contribution in [0.1, 0.15) is 17.7 Å². The maximum absolute atomic E-state index is 12.6. The second-order valence-electron chi connectivity index (χ2n) is 7.46. The molecule has 1 aliphatic carbocycles. The van der Waals surface area contributed by atoms with E-state index in [9.17, 15) is 9.59 Å². The summed E-state index contributed by atoms with van der Waals surface area (Å²) in [5.74, 6) is 1.46. The summed E-state index contributed by atoms with van der Waals surface area (Å²) >= 11 is 0. The topological polar surface area (TPSA) is 73.7 Å². The fourth-order valence-electron chi connectivity index (χ4n) is 4.02. The van der Waals surface area contributed by atoms with Crippen molar-refractivity contribution in [2.24, 2.45) is 5.92 Å². The second-order valence-corrected chi connectivity index (χ2v) is 7.46. The average molecular weight is 367 g/mol. The van der Waals surface area contributed by atoms with Crippen LogP contribution in [0.2, 0.25) is 0 Å². The van der Waals surface area contributed by atoms with Crippen LogP contribution in [0.3, 0.4) is 0 Å². The number of hydrogen-bond donors (Lipinski definition) is 0. The number of fused-ring (bicyclic) bond motifs is 2. The molecule has 27 heavy (non-hydrogen) atoms. The van der Waals surface area contributed by atoms with Gasteiger partial charge in [-0.1, -0.05) is 12.1 Å². The molecule has 2 aliphatic heterocycles. The van der Waals surface area contributed by atoms with Gasteiger partial charge < -0.3 is 14.4 Å². The normalized spacial score (nSPS) is 20.9. The van der Waals surface area contributed by atoms with E-state index in [0.29, 0.717) is 31.1 Å². The molecular weight excluding hydrogens is 346 g/mol. The lowest BCUT2D eigenvalue weighted by Crippen LogP contribution is -2.57. The Morgan fingerprint density at radius 2 is 2.00 bits per heavy atom. The average Bonchev–Trinajstić information content (AvgIpc) is 3.10. The maximum atomic E-state index is 12.6. The number of hydrogen-bond acceptors (Lipinski definition) is 5. The van der Waals surface area contributed by atoms with E-state index in [1.54, 1.807) is 21.7 Å². The largest absolute Gasteiger partial charge is 0.485 e. The standard InChI is InChI=1S/C20H21N3O4/c24-19-8-14-4-3-5-15(14)21-23(19)11-13-9-22(10-13)20(25)18-12-26-16-6-1-2-7-17(16)27-18/h1-2,6-8,13,18H,3-5,9-12H2. The molecule has 0 N–H and O–H groups in total. The van der Waals surface area contributed by atoms with Gasteiger partial charge in [0.1, 0.15) is 6.61 Å². The number of para-hydroxylation sites is 2. The molecule has 0 saturated carbocycles. The number of aryl methyl sites for hydroxylation is 2. The first-order valence-corrected chi connectivity index (χ1v) is 9.44. The van der Waals surface area contributed by atoms with E-state index in [2.05, 4.69) is 5.10 Å². The van der Waals surface area contributed by atoms with E-state index in [0.717, 1.165) is 30.5 Å². The van der Waals surface area contributed by atoms with Crippen molar-refractivity contribution >= 4 is 5.91 Å².